The predicted molar refractivity (Wildman–Crippen MR) is 128 cm³/mol. The Morgan fingerprint density at radius 3 is 1.87 bits per heavy atom. The van der Waals surface area contributed by atoms with Crippen molar-refractivity contribution < 1.29 is 5.11 Å². The monoisotopic (exact) mass is 418 g/mol. The number of hydrogen-bond donors (Lipinski definition) is 1. The van der Waals surface area contributed by atoms with E-state index in [2.05, 4.69) is 98.5 Å². The van der Waals surface area contributed by atoms with E-state index in [0.717, 1.165) is 11.7 Å². The summed E-state index contributed by atoms with van der Waals surface area (Å²) >= 11 is 0. The summed E-state index contributed by atoms with van der Waals surface area (Å²) in [4.78, 5) is 2.32. The van der Waals surface area contributed by atoms with Gasteiger partial charge in [0.1, 0.15) is 14.1 Å². The van der Waals surface area contributed by atoms with Crippen LogP contribution in [0.15, 0.2) is 72.3 Å². The van der Waals surface area contributed by atoms with Crippen molar-refractivity contribution in [1.29, 1.82) is 5.26 Å². The third-order valence-electron chi connectivity index (χ3n) is 6.59. The molecule has 0 radical (unpaired) electrons. The van der Waals surface area contributed by atoms with Gasteiger partial charge in [0.2, 0.25) is 0 Å². The summed E-state index contributed by atoms with van der Waals surface area (Å²) in [5.74, 6) is 0. The summed E-state index contributed by atoms with van der Waals surface area (Å²) in [7, 11) is -2.32. The average Bonchev–Trinajstić information content (AvgIpc) is 2.71. The number of nitrogens with zero attached hydrogens (tertiary/aromatic N) is 2. The molecule has 1 N–H and O–H groups in total. The molecule has 0 bridgehead atoms. The van der Waals surface area contributed by atoms with Crippen LogP contribution in [-0.4, -0.2) is 42.4 Å². The normalized spacial score (nSPS) is 18.6. The third kappa shape index (κ3) is 4.30. The molecule has 3 nitrogen and oxygen atoms in total. The van der Waals surface area contributed by atoms with Crippen LogP contribution in [0.25, 0.3) is 0 Å². The van der Waals surface area contributed by atoms with Crippen molar-refractivity contribution in [3.8, 4) is 6.07 Å². The first-order valence-electron chi connectivity index (χ1n) is 10.8. The lowest BCUT2D eigenvalue weighted by atomic mass is 9.92. The van der Waals surface area contributed by atoms with Crippen LogP contribution < -0.4 is 10.4 Å². The SMILES string of the molecule is CC(C)(O)C1=CCC(C#N)N(C[Si](c2ccccc2)(c2ccccc2)C(C)(C)C)C1. The van der Waals surface area contributed by atoms with E-state index in [-0.39, 0.29) is 11.1 Å². The molecule has 3 rings (SSSR count). The highest BCUT2D eigenvalue weighted by Gasteiger charge is 2.49. The van der Waals surface area contributed by atoms with Crippen molar-refractivity contribution in [2.24, 2.45) is 0 Å². The Kier molecular flexibility index (Phi) is 6.38. The van der Waals surface area contributed by atoms with E-state index in [9.17, 15) is 10.4 Å². The largest absolute Gasteiger partial charge is 0.386 e. The van der Waals surface area contributed by atoms with Crippen LogP contribution in [0, 0.1) is 11.3 Å². The summed E-state index contributed by atoms with van der Waals surface area (Å²) in [5.41, 5.74) is 0.136. The molecule has 1 atom stereocenters. The van der Waals surface area contributed by atoms with Crippen LogP contribution >= 0.6 is 0 Å². The van der Waals surface area contributed by atoms with E-state index in [1.807, 2.05) is 13.8 Å². The topological polar surface area (TPSA) is 47.3 Å². The fourth-order valence-corrected chi connectivity index (χ4v) is 10.1. The Balaban J connectivity index is 2.16. The fourth-order valence-electron chi connectivity index (χ4n) is 4.74. The van der Waals surface area contributed by atoms with Crippen molar-refractivity contribution in [3.63, 3.8) is 0 Å². The molecule has 0 saturated carbocycles. The van der Waals surface area contributed by atoms with Gasteiger partial charge in [-0.05, 0) is 30.9 Å². The van der Waals surface area contributed by atoms with E-state index in [1.54, 1.807) is 0 Å². The van der Waals surface area contributed by atoms with E-state index < -0.39 is 13.7 Å². The van der Waals surface area contributed by atoms with Crippen molar-refractivity contribution in [1.82, 2.24) is 4.90 Å². The molecule has 0 saturated heterocycles. The van der Waals surface area contributed by atoms with Gasteiger partial charge in [-0.3, -0.25) is 4.90 Å². The van der Waals surface area contributed by atoms with Crippen LogP contribution in [0.4, 0.5) is 0 Å². The number of benzene rings is 2. The first-order valence-corrected chi connectivity index (χ1v) is 13.0. The molecule has 1 aliphatic heterocycles. The zero-order valence-corrected chi connectivity index (χ0v) is 19.9. The molecule has 0 amide bonds. The fraction of sp³-hybridized carbons (Fsp3) is 0.423. The molecule has 1 heterocycles. The number of rotatable bonds is 5. The highest BCUT2D eigenvalue weighted by molar-refractivity contribution is 7.04. The molecule has 0 spiro atoms. The molecule has 1 aliphatic rings. The molecule has 2 aromatic rings. The van der Waals surface area contributed by atoms with Gasteiger partial charge >= 0.3 is 0 Å². The van der Waals surface area contributed by atoms with Gasteiger partial charge in [0.15, 0.2) is 0 Å². The zero-order valence-electron chi connectivity index (χ0n) is 18.9. The van der Waals surface area contributed by atoms with E-state index in [0.29, 0.717) is 13.0 Å². The first kappa shape index (κ1) is 22.5. The lowest BCUT2D eigenvalue weighted by Crippen LogP contribution is -2.71. The molecular weight excluding hydrogens is 384 g/mol. The van der Waals surface area contributed by atoms with Gasteiger partial charge in [-0.1, -0.05) is 97.9 Å². The molecule has 0 aliphatic carbocycles. The summed E-state index contributed by atoms with van der Waals surface area (Å²) in [6, 6.07) is 24.1. The predicted octanol–water partition coefficient (Wildman–Crippen LogP) is 3.88. The van der Waals surface area contributed by atoms with Crippen LogP contribution in [0.1, 0.15) is 41.0 Å². The Bertz CT molecular complexity index is 878. The molecular formula is C26H34N2OSi. The van der Waals surface area contributed by atoms with Gasteiger partial charge < -0.3 is 5.11 Å². The van der Waals surface area contributed by atoms with Gasteiger partial charge in [0.25, 0.3) is 0 Å². The van der Waals surface area contributed by atoms with Gasteiger partial charge in [0.05, 0.1) is 11.7 Å². The Labute approximate surface area is 182 Å². The van der Waals surface area contributed by atoms with Gasteiger partial charge in [-0.25, -0.2) is 0 Å². The smallest absolute Gasteiger partial charge is 0.136 e. The Morgan fingerprint density at radius 2 is 1.47 bits per heavy atom. The highest BCUT2D eigenvalue weighted by atomic mass is 28.3. The summed E-state index contributed by atoms with van der Waals surface area (Å²) in [6.45, 7) is 11.3. The quantitative estimate of drug-likeness (QED) is 0.592. The maximum Gasteiger partial charge on any atom is 0.136 e. The highest BCUT2D eigenvalue weighted by Crippen LogP contribution is 2.38. The number of hydrogen-bond acceptors (Lipinski definition) is 3. The molecule has 1 unspecified atom stereocenters. The number of nitriles is 1. The van der Waals surface area contributed by atoms with E-state index in [1.165, 1.54) is 10.4 Å². The minimum atomic E-state index is -2.32. The standard InChI is InChI=1S/C26H34N2OSi/c1-25(2,3)30(23-12-8-6-9-13-23,24-14-10-7-11-15-24)20-28-19-21(26(4,5)29)16-17-22(28)18-27/h6-16,22,29H,17,19-20H2,1-5H3. The summed E-state index contributed by atoms with van der Waals surface area (Å²) < 4.78 is 0. The minimum absolute atomic E-state index is 0.0335. The Hall–Kier alpha value is -2.19. The first-order chi connectivity index (χ1) is 14.1. The Morgan fingerprint density at radius 1 is 0.967 bits per heavy atom. The summed E-state index contributed by atoms with van der Waals surface area (Å²) in [5, 5.41) is 23.4. The van der Waals surface area contributed by atoms with Crippen LogP contribution in [0.5, 0.6) is 0 Å². The van der Waals surface area contributed by atoms with E-state index in [4.69, 9.17) is 0 Å². The zero-order chi connectivity index (χ0) is 22.0. The molecule has 0 fully saturated rings. The molecule has 158 valence electrons. The second kappa shape index (κ2) is 8.51. The van der Waals surface area contributed by atoms with Crippen molar-refractivity contribution >= 4 is 18.4 Å². The molecule has 4 heteroatoms. The second-order valence-electron chi connectivity index (χ2n) is 9.96. The maximum absolute atomic E-state index is 10.6. The third-order valence-corrected chi connectivity index (χ3v) is 12.7. The van der Waals surface area contributed by atoms with Crippen molar-refractivity contribution in [3.05, 3.63) is 72.3 Å². The molecule has 30 heavy (non-hydrogen) atoms. The van der Waals surface area contributed by atoms with Gasteiger partial charge in [0, 0.05) is 12.7 Å². The molecule has 2 aromatic carbocycles. The van der Waals surface area contributed by atoms with Crippen molar-refractivity contribution in [2.45, 2.75) is 57.7 Å². The van der Waals surface area contributed by atoms with Gasteiger partial charge in [-0.15, -0.1) is 0 Å². The minimum Gasteiger partial charge on any atom is -0.386 e. The van der Waals surface area contributed by atoms with Gasteiger partial charge in [-0.2, -0.15) is 5.26 Å². The second-order valence-corrected chi connectivity index (χ2v) is 14.7. The molecule has 0 aromatic heterocycles. The summed E-state index contributed by atoms with van der Waals surface area (Å²) in [6.07, 6.45) is 3.57. The lowest BCUT2D eigenvalue weighted by Gasteiger charge is -2.48. The van der Waals surface area contributed by atoms with Crippen LogP contribution in [-0.2, 0) is 0 Å². The van der Waals surface area contributed by atoms with E-state index >= 15 is 0 Å². The average molecular weight is 419 g/mol. The lowest BCUT2D eigenvalue weighted by molar-refractivity contribution is 0.102. The van der Waals surface area contributed by atoms with Crippen LogP contribution in [0.2, 0.25) is 5.04 Å². The van der Waals surface area contributed by atoms with Crippen molar-refractivity contribution in [2.75, 3.05) is 12.7 Å². The van der Waals surface area contributed by atoms with Crippen LogP contribution in [0.3, 0.4) is 0 Å². The maximum atomic E-state index is 10.6. The number of aliphatic hydroxyl groups is 1.